The molecule has 1 amide bonds. The van der Waals surface area contributed by atoms with Gasteiger partial charge in [0.1, 0.15) is 23.8 Å². The highest BCUT2D eigenvalue weighted by atomic mass is 28.4. The van der Waals surface area contributed by atoms with Crippen molar-refractivity contribution in [2.24, 2.45) is 5.92 Å². The van der Waals surface area contributed by atoms with Gasteiger partial charge in [0.25, 0.3) is 0 Å². The fourth-order valence-electron chi connectivity index (χ4n) is 3.53. The Morgan fingerprint density at radius 2 is 1.80 bits per heavy atom. The van der Waals surface area contributed by atoms with Gasteiger partial charge in [-0.2, -0.15) is 0 Å². The lowest BCUT2D eigenvalue weighted by Crippen LogP contribution is -2.65. The maximum atomic E-state index is 13.0. The molecule has 0 unspecified atom stereocenters. The van der Waals surface area contributed by atoms with Crippen LogP contribution in [0.5, 0.6) is 11.5 Å². The van der Waals surface area contributed by atoms with Crippen LogP contribution in [0.1, 0.15) is 47.1 Å². The van der Waals surface area contributed by atoms with Crippen molar-refractivity contribution in [3.05, 3.63) is 23.8 Å². The Morgan fingerprint density at radius 3 is 2.33 bits per heavy atom. The lowest BCUT2D eigenvalue weighted by molar-refractivity contribution is -0.166. The molecule has 7 heteroatoms. The van der Waals surface area contributed by atoms with Crippen molar-refractivity contribution >= 4 is 20.5 Å². The van der Waals surface area contributed by atoms with E-state index < -0.39 is 20.3 Å². The largest absolute Gasteiger partial charge is 0.494 e. The minimum absolute atomic E-state index is 0.0408. The third-order valence-electron chi connectivity index (χ3n) is 6.22. The van der Waals surface area contributed by atoms with E-state index in [1.807, 2.05) is 39.0 Å². The van der Waals surface area contributed by atoms with E-state index in [1.54, 1.807) is 4.90 Å². The second-order valence-corrected chi connectivity index (χ2v) is 14.1. The lowest BCUT2D eigenvalue weighted by atomic mass is 9.83. The van der Waals surface area contributed by atoms with Gasteiger partial charge in [0, 0.05) is 11.6 Å². The van der Waals surface area contributed by atoms with Crippen LogP contribution in [-0.4, -0.2) is 50.8 Å². The smallest absolute Gasteiger partial charge is 0.231 e. The second-order valence-electron chi connectivity index (χ2n) is 9.34. The molecule has 0 radical (unpaired) electrons. The van der Waals surface area contributed by atoms with Crippen LogP contribution in [0.2, 0.25) is 18.1 Å². The molecule has 1 saturated heterocycles. The number of carbonyl (C=O) groups excluding carboxylic acids is 2. The van der Waals surface area contributed by atoms with E-state index in [4.69, 9.17) is 13.9 Å². The highest BCUT2D eigenvalue weighted by Crippen LogP contribution is 2.41. The summed E-state index contributed by atoms with van der Waals surface area (Å²) in [7, 11) is -2.04. The summed E-state index contributed by atoms with van der Waals surface area (Å²) < 4.78 is 17.7. The zero-order valence-electron chi connectivity index (χ0n) is 19.7. The normalized spacial score (nSPS) is 20.5. The van der Waals surface area contributed by atoms with Crippen LogP contribution in [0.3, 0.4) is 0 Å². The first kappa shape index (κ1) is 24.4. The molecular formula is C23H37NO5Si. The van der Waals surface area contributed by atoms with Crippen molar-refractivity contribution in [3.8, 4) is 11.5 Å². The minimum Gasteiger partial charge on any atom is -0.494 e. The molecule has 30 heavy (non-hydrogen) atoms. The number of amides is 1. The molecule has 1 aliphatic rings. The lowest BCUT2D eigenvalue weighted by Gasteiger charge is -2.49. The molecule has 0 aliphatic carbocycles. The van der Waals surface area contributed by atoms with Gasteiger partial charge in [-0.15, -0.1) is 0 Å². The summed E-state index contributed by atoms with van der Waals surface area (Å²) in [5, 5.41) is 0.0408. The molecule has 0 N–H and O–H groups in total. The molecule has 0 bridgehead atoms. The van der Waals surface area contributed by atoms with Crippen LogP contribution in [0, 0.1) is 5.92 Å². The Morgan fingerprint density at radius 1 is 1.17 bits per heavy atom. The van der Waals surface area contributed by atoms with Gasteiger partial charge < -0.3 is 23.6 Å². The summed E-state index contributed by atoms with van der Waals surface area (Å²) in [6, 6.07) is 5.11. The first-order valence-electron chi connectivity index (χ1n) is 10.8. The molecular weight excluding hydrogens is 398 g/mol. The second kappa shape index (κ2) is 9.52. The molecule has 0 saturated carbocycles. The van der Waals surface area contributed by atoms with Crippen molar-refractivity contribution < 1.29 is 23.5 Å². The Bertz CT molecular complexity index is 758. The van der Waals surface area contributed by atoms with Crippen LogP contribution >= 0.6 is 0 Å². The first-order chi connectivity index (χ1) is 14.0. The Hall–Kier alpha value is -1.86. The van der Waals surface area contributed by atoms with E-state index in [1.165, 1.54) is 0 Å². The number of hydrogen-bond donors (Lipinski definition) is 0. The number of rotatable bonds is 10. The molecule has 1 heterocycles. The maximum absolute atomic E-state index is 13.0. The Balaban J connectivity index is 2.16. The van der Waals surface area contributed by atoms with Crippen molar-refractivity contribution in [2.75, 3.05) is 13.2 Å². The average molecular weight is 436 g/mol. The third-order valence-corrected chi connectivity index (χ3v) is 10.8. The summed E-state index contributed by atoms with van der Waals surface area (Å²) in [6.07, 6.45) is 0.573. The van der Waals surface area contributed by atoms with Gasteiger partial charge in [-0.05, 0) is 51.0 Å². The zero-order chi connectivity index (χ0) is 22.7. The van der Waals surface area contributed by atoms with Gasteiger partial charge in [0.2, 0.25) is 5.91 Å². The predicted octanol–water partition coefficient (Wildman–Crippen LogP) is 4.42. The number of likely N-dealkylation sites (tertiary alicyclic amines) is 1. The fourth-order valence-corrected chi connectivity index (χ4v) is 4.96. The monoisotopic (exact) mass is 435 g/mol. The molecule has 1 fully saturated rings. The molecule has 3 atom stereocenters. The molecule has 1 aliphatic heterocycles. The van der Waals surface area contributed by atoms with E-state index in [2.05, 4.69) is 33.9 Å². The van der Waals surface area contributed by atoms with Gasteiger partial charge in [-0.25, -0.2) is 0 Å². The van der Waals surface area contributed by atoms with Gasteiger partial charge in [-0.1, -0.05) is 20.8 Å². The summed E-state index contributed by atoms with van der Waals surface area (Å²) in [5.41, 5.74) is 0.858. The highest BCUT2D eigenvalue weighted by Gasteiger charge is 2.52. The van der Waals surface area contributed by atoms with E-state index in [0.717, 1.165) is 17.6 Å². The first-order valence-corrected chi connectivity index (χ1v) is 13.7. The zero-order valence-corrected chi connectivity index (χ0v) is 20.7. The van der Waals surface area contributed by atoms with Gasteiger partial charge in [0.15, 0.2) is 8.32 Å². The number of aldehydes is 1. The number of nitrogens with zero attached hydrogens (tertiary/aromatic N) is 1. The minimum atomic E-state index is -2.04. The van der Waals surface area contributed by atoms with Crippen molar-refractivity contribution in [3.63, 3.8) is 0 Å². The van der Waals surface area contributed by atoms with E-state index in [9.17, 15) is 9.59 Å². The number of carbonyl (C=O) groups is 2. The van der Waals surface area contributed by atoms with Crippen LogP contribution in [0.25, 0.3) is 0 Å². The quantitative estimate of drug-likeness (QED) is 0.309. The van der Waals surface area contributed by atoms with E-state index in [-0.39, 0.29) is 17.0 Å². The van der Waals surface area contributed by atoms with E-state index >= 15 is 0 Å². The van der Waals surface area contributed by atoms with Crippen LogP contribution in [-0.2, 0) is 20.6 Å². The summed E-state index contributed by atoms with van der Waals surface area (Å²) >= 11 is 0. The van der Waals surface area contributed by atoms with Gasteiger partial charge >= 0.3 is 0 Å². The SMILES string of the molecule is CCOc1ccc(CN2C(=O)[C@H]([C@@H](C)O[Si](C)(C)C(C)(C)C)[C@H]2C=O)c(OCC)c1. The molecule has 2 rings (SSSR count). The molecule has 0 spiro atoms. The molecule has 1 aromatic carbocycles. The number of benzene rings is 1. The maximum Gasteiger partial charge on any atom is 0.231 e. The van der Waals surface area contributed by atoms with Crippen LogP contribution in [0.4, 0.5) is 0 Å². The van der Waals surface area contributed by atoms with Gasteiger partial charge in [0.05, 0.1) is 31.8 Å². The summed E-state index contributed by atoms with van der Waals surface area (Å²) in [6.45, 7) is 18.0. The fraction of sp³-hybridized carbons (Fsp3) is 0.652. The third kappa shape index (κ3) is 5.06. The number of hydrogen-bond acceptors (Lipinski definition) is 5. The summed E-state index contributed by atoms with van der Waals surface area (Å²) in [4.78, 5) is 26.5. The number of ether oxygens (including phenoxy) is 2. The van der Waals surface area contributed by atoms with Crippen molar-refractivity contribution in [1.29, 1.82) is 0 Å². The predicted molar refractivity (Wildman–Crippen MR) is 120 cm³/mol. The molecule has 168 valence electrons. The van der Waals surface area contributed by atoms with Crippen molar-refractivity contribution in [2.45, 2.75) is 78.4 Å². The Labute approximate surface area is 182 Å². The molecule has 1 aromatic rings. The topological polar surface area (TPSA) is 65.1 Å². The Kier molecular flexibility index (Phi) is 7.74. The van der Waals surface area contributed by atoms with Crippen molar-refractivity contribution in [1.82, 2.24) is 4.90 Å². The van der Waals surface area contributed by atoms with E-state index in [0.29, 0.717) is 25.5 Å². The van der Waals surface area contributed by atoms with Crippen LogP contribution < -0.4 is 9.47 Å². The number of β-lactam (4-membered cyclic amide) rings is 1. The van der Waals surface area contributed by atoms with Gasteiger partial charge in [-0.3, -0.25) is 4.79 Å². The van der Waals surface area contributed by atoms with Crippen LogP contribution in [0.15, 0.2) is 18.2 Å². The highest BCUT2D eigenvalue weighted by molar-refractivity contribution is 6.74. The molecule has 6 nitrogen and oxygen atoms in total. The standard InChI is InChI=1S/C23H37NO5Si/c1-9-27-18-12-11-17(20(13-18)28-10-2)14-24-19(15-25)21(22(24)26)16(3)29-30(7,8)23(4,5)6/h11-13,15-16,19,21H,9-10,14H2,1-8H3/t16-,19-,21-/m1/s1. The average Bonchev–Trinajstić information content (AvgIpc) is 2.64. The molecule has 0 aromatic heterocycles. The summed E-state index contributed by atoms with van der Waals surface area (Å²) in [5.74, 6) is 0.917.